The monoisotopic (exact) mass is 984 g/mol. The van der Waals surface area contributed by atoms with Gasteiger partial charge in [-0.05, 0) is 95.1 Å². The van der Waals surface area contributed by atoms with Gasteiger partial charge in [-0.1, -0.05) is 104 Å². The van der Waals surface area contributed by atoms with Crippen LogP contribution in [0.15, 0.2) is 79.5 Å². The molecule has 5 N–H and O–H groups in total. The number of benzene rings is 3. The summed E-state index contributed by atoms with van der Waals surface area (Å²) in [5, 5.41) is 21.3. The van der Waals surface area contributed by atoms with Gasteiger partial charge in [0.05, 0.1) is 31.0 Å². The normalized spacial score (nSPS) is 16.1. The molecule has 0 saturated carbocycles. The minimum absolute atomic E-state index is 0.0182. The Kier molecular flexibility index (Phi) is 19.6. The van der Waals surface area contributed by atoms with Crippen molar-refractivity contribution in [2.24, 2.45) is 5.92 Å². The van der Waals surface area contributed by atoms with E-state index in [9.17, 15) is 29.1 Å². The van der Waals surface area contributed by atoms with Gasteiger partial charge < -0.3 is 49.3 Å². The second kappa shape index (κ2) is 25.1. The maximum Gasteiger partial charge on any atom is 0.411 e. The zero-order chi connectivity index (χ0) is 51.3. The Hall–Kier alpha value is -6.17. The molecule has 3 aromatic rings. The van der Waals surface area contributed by atoms with E-state index < -0.39 is 56.4 Å². The predicted molar refractivity (Wildman–Crippen MR) is 273 cm³/mol. The van der Waals surface area contributed by atoms with E-state index >= 15 is 0 Å². The van der Waals surface area contributed by atoms with Crippen LogP contribution in [0.5, 0.6) is 11.5 Å². The maximum atomic E-state index is 14.8. The summed E-state index contributed by atoms with van der Waals surface area (Å²) < 4.78 is 29.2. The van der Waals surface area contributed by atoms with Gasteiger partial charge in [-0.3, -0.25) is 19.7 Å². The average molecular weight is 984 g/mol. The topological polar surface area (TPSA) is 203 Å². The molecule has 5 rings (SSSR count). The van der Waals surface area contributed by atoms with Crippen molar-refractivity contribution >= 4 is 55.2 Å². The van der Waals surface area contributed by atoms with Crippen molar-refractivity contribution in [2.75, 3.05) is 44.2 Å². The van der Waals surface area contributed by atoms with Gasteiger partial charge in [0.1, 0.15) is 31.0 Å². The van der Waals surface area contributed by atoms with E-state index in [2.05, 4.69) is 93.7 Å². The van der Waals surface area contributed by atoms with Crippen LogP contribution in [0.25, 0.3) is 5.57 Å². The van der Waals surface area contributed by atoms with E-state index in [0.717, 1.165) is 37.2 Å². The van der Waals surface area contributed by atoms with Gasteiger partial charge in [0.15, 0.2) is 5.75 Å². The summed E-state index contributed by atoms with van der Waals surface area (Å²) in [6, 6.07) is 15.8. The molecule has 0 aliphatic carbocycles. The lowest BCUT2D eigenvalue weighted by atomic mass is 9.90. The van der Waals surface area contributed by atoms with Crippen LogP contribution in [-0.4, -0.2) is 99.9 Å². The van der Waals surface area contributed by atoms with Crippen LogP contribution < -0.4 is 30.4 Å². The molecule has 0 radical (unpaired) electrons. The number of nitrogens with zero attached hydrogens (tertiary/aromatic N) is 1. The van der Waals surface area contributed by atoms with Crippen molar-refractivity contribution in [1.82, 2.24) is 15.5 Å². The van der Waals surface area contributed by atoms with Gasteiger partial charge in [0.2, 0.25) is 11.8 Å². The molecule has 2 aliphatic rings. The number of nitrogens with one attached hydrogen (secondary N) is 4. The van der Waals surface area contributed by atoms with E-state index in [1.165, 1.54) is 30.6 Å². The van der Waals surface area contributed by atoms with E-state index in [1.54, 1.807) is 56.4 Å². The molecule has 2 heterocycles. The standard InChI is InChI=1S/C53H73N5O11Si/c1-12-23-67-53(64)57-48(32(2)3)50(61)54-36(10)49(60)55-42-19-13-37(14-20-42)31-68-52(63)56-45-28-47(69-70(33(4)5,34(6)7)35(8)9)46(65-11)27-44(45)51(62)58-29-41(26-43(58)30-59)39-17-15-38(16-18-39)40-21-24-66-25-22-40/h12-20,27-29,32-36,40,43,48,59H,1,21-26,30-31H2,2-11H3,(H,54,61)(H,55,60)(H,56,63)(H,57,64)/t36-,43-,48-/m0/s1. The van der Waals surface area contributed by atoms with Crippen molar-refractivity contribution in [3.05, 3.63) is 102 Å². The molecule has 70 heavy (non-hydrogen) atoms. The predicted octanol–water partition coefficient (Wildman–Crippen LogP) is 9.52. The third kappa shape index (κ3) is 13.6. The minimum Gasteiger partial charge on any atom is -0.540 e. The average Bonchev–Trinajstić information content (AvgIpc) is 3.78. The Morgan fingerprint density at radius 3 is 2.03 bits per heavy atom. The second-order valence-corrected chi connectivity index (χ2v) is 24.6. The number of hydrogen-bond donors (Lipinski definition) is 5. The molecular weight excluding hydrogens is 911 g/mol. The summed E-state index contributed by atoms with van der Waals surface area (Å²) in [6.45, 7) is 22.5. The number of anilines is 2. The highest BCUT2D eigenvalue weighted by Crippen LogP contribution is 2.46. The van der Waals surface area contributed by atoms with E-state index in [4.69, 9.17) is 23.4 Å². The van der Waals surface area contributed by atoms with Crippen molar-refractivity contribution in [2.45, 2.75) is 129 Å². The highest BCUT2D eigenvalue weighted by atomic mass is 28.4. The molecule has 0 unspecified atom stereocenters. The Bertz CT molecular complexity index is 2310. The third-order valence-corrected chi connectivity index (χ3v) is 19.2. The third-order valence-electron chi connectivity index (χ3n) is 13.2. The lowest BCUT2D eigenvalue weighted by molar-refractivity contribution is -0.128. The molecule has 16 nitrogen and oxygen atoms in total. The van der Waals surface area contributed by atoms with Crippen LogP contribution in [0.3, 0.4) is 0 Å². The van der Waals surface area contributed by atoms with Gasteiger partial charge in [-0.25, -0.2) is 9.59 Å². The molecular formula is C53H73N5O11Si. The number of hydrogen-bond acceptors (Lipinski definition) is 11. The molecule has 3 atom stereocenters. The number of methoxy groups -OCH3 is 1. The van der Waals surface area contributed by atoms with Gasteiger partial charge in [0, 0.05) is 31.2 Å². The van der Waals surface area contributed by atoms with Crippen LogP contribution in [0.4, 0.5) is 21.0 Å². The summed E-state index contributed by atoms with van der Waals surface area (Å²) in [6.07, 6.45) is 3.94. The van der Waals surface area contributed by atoms with Crippen molar-refractivity contribution < 1.29 is 52.5 Å². The fourth-order valence-electron chi connectivity index (χ4n) is 9.45. The van der Waals surface area contributed by atoms with Crippen LogP contribution in [0.2, 0.25) is 16.6 Å². The molecule has 17 heteroatoms. The second-order valence-electron chi connectivity index (χ2n) is 19.3. The Morgan fingerprint density at radius 1 is 0.814 bits per heavy atom. The first-order valence-electron chi connectivity index (χ1n) is 24.2. The molecule has 0 bridgehead atoms. The Labute approximate surface area is 414 Å². The summed E-state index contributed by atoms with van der Waals surface area (Å²) in [5.41, 5.74) is 5.01. The SMILES string of the molecule is C=CCOC(=O)N[C@H](C(=O)N[C@@H](C)C(=O)Nc1ccc(COC(=O)Nc2cc(O[Si](C(C)C)(C(C)C)C(C)C)c(OC)cc2C(=O)N2C=C(c3ccc(C4CCOCC4)cc3)C[C@H]2CO)cc1)C(C)C. The number of alkyl carbamates (subject to hydrolysis) is 1. The van der Waals surface area contributed by atoms with Crippen LogP contribution in [0, 0.1) is 5.92 Å². The number of aliphatic hydroxyl groups is 1. The Balaban J connectivity index is 1.34. The summed E-state index contributed by atoms with van der Waals surface area (Å²) >= 11 is 0. The zero-order valence-electron chi connectivity index (χ0n) is 42.4. The summed E-state index contributed by atoms with van der Waals surface area (Å²) in [7, 11) is -1.05. The molecule has 0 spiro atoms. The molecule has 380 valence electrons. The van der Waals surface area contributed by atoms with Gasteiger partial charge in [-0.15, -0.1) is 0 Å². The lowest BCUT2D eigenvalue weighted by Crippen LogP contribution is -2.53. The molecule has 5 amide bonds. The fraction of sp³-hybridized carbons (Fsp3) is 0.491. The maximum absolute atomic E-state index is 14.8. The number of rotatable bonds is 21. The molecule has 1 saturated heterocycles. The number of carbonyl (C=O) groups excluding carboxylic acids is 5. The molecule has 0 aromatic heterocycles. The van der Waals surface area contributed by atoms with Crippen molar-refractivity contribution in [3.63, 3.8) is 0 Å². The molecule has 1 fully saturated rings. The van der Waals surface area contributed by atoms with Crippen LogP contribution >= 0.6 is 0 Å². The highest BCUT2D eigenvalue weighted by Gasteiger charge is 2.48. The van der Waals surface area contributed by atoms with Crippen molar-refractivity contribution in [1.29, 1.82) is 0 Å². The van der Waals surface area contributed by atoms with Gasteiger partial charge >= 0.3 is 12.2 Å². The fourth-order valence-corrected chi connectivity index (χ4v) is 14.7. The van der Waals surface area contributed by atoms with Gasteiger partial charge in [0.25, 0.3) is 14.2 Å². The first-order valence-corrected chi connectivity index (χ1v) is 26.4. The van der Waals surface area contributed by atoms with E-state index in [0.29, 0.717) is 35.1 Å². The number of ether oxygens (including phenoxy) is 4. The van der Waals surface area contributed by atoms with E-state index in [-0.39, 0.29) is 53.6 Å². The quantitative estimate of drug-likeness (QED) is 0.0503. The smallest absolute Gasteiger partial charge is 0.411 e. The largest absolute Gasteiger partial charge is 0.540 e. The lowest BCUT2D eigenvalue weighted by Gasteiger charge is -2.42. The van der Waals surface area contributed by atoms with E-state index in [1.807, 2.05) is 0 Å². The zero-order valence-corrected chi connectivity index (χ0v) is 43.4. The molecule has 2 aliphatic heterocycles. The van der Waals surface area contributed by atoms with Crippen molar-refractivity contribution in [3.8, 4) is 11.5 Å². The van der Waals surface area contributed by atoms with Gasteiger partial charge in [-0.2, -0.15) is 0 Å². The number of carbonyl (C=O) groups is 5. The first-order chi connectivity index (χ1) is 33.3. The molecule has 3 aromatic carbocycles. The summed E-state index contributed by atoms with van der Waals surface area (Å²) in [5.74, 6) is -0.639. The minimum atomic E-state index is -2.57. The highest BCUT2D eigenvalue weighted by molar-refractivity contribution is 6.78. The Morgan fingerprint density at radius 2 is 1.46 bits per heavy atom. The number of aliphatic hydroxyl groups excluding tert-OH is 1. The van der Waals surface area contributed by atoms with Crippen LogP contribution in [0.1, 0.15) is 115 Å². The first kappa shape index (κ1) is 54.8. The summed E-state index contributed by atoms with van der Waals surface area (Å²) in [4.78, 5) is 68.2. The number of amides is 5. The van der Waals surface area contributed by atoms with Crippen LogP contribution in [-0.2, 0) is 30.4 Å².